The van der Waals surface area contributed by atoms with Crippen molar-refractivity contribution in [2.75, 3.05) is 6.54 Å². The Labute approximate surface area is 211 Å². The van der Waals surface area contributed by atoms with Crippen molar-refractivity contribution < 1.29 is 32.2 Å². The molecule has 5 fully saturated rings. The maximum Gasteiger partial charge on any atom is 0.270 e. The molecule has 0 spiro atoms. The molecule has 7 nitrogen and oxygen atoms in total. The highest BCUT2D eigenvalue weighted by Crippen LogP contribution is 2.56. The summed E-state index contributed by atoms with van der Waals surface area (Å²) < 4.78 is 55.1. The second-order valence-electron chi connectivity index (χ2n) is 11.7. The Morgan fingerprint density at radius 1 is 1.19 bits per heavy atom. The first-order valence-electron chi connectivity index (χ1n) is 13.0. The minimum Gasteiger partial charge on any atom is -0.390 e. The van der Waals surface area contributed by atoms with Gasteiger partial charge in [0.15, 0.2) is 0 Å². The Morgan fingerprint density at radius 3 is 2.33 bits per heavy atom. The van der Waals surface area contributed by atoms with E-state index < -0.39 is 33.2 Å². The minimum absolute atomic E-state index is 0.0567. The van der Waals surface area contributed by atoms with Gasteiger partial charge in [-0.3, -0.25) is 4.79 Å². The normalized spacial score (nSPS) is 37.9. The maximum absolute atomic E-state index is 13.8. The van der Waals surface area contributed by atoms with E-state index in [-0.39, 0.29) is 40.8 Å². The summed E-state index contributed by atoms with van der Waals surface area (Å²) in [5.74, 6) is 0.632. The third-order valence-corrected chi connectivity index (χ3v) is 11.4. The number of rotatable bonds is 7. The van der Waals surface area contributed by atoms with Gasteiger partial charge in [0.05, 0.1) is 10.5 Å². The zero-order chi connectivity index (χ0) is 26.1. The lowest BCUT2D eigenvalue weighted by molar-refractivity contribution is -0.150. The average molecular weight is 527 g/mol. The Balaban J connectivity index is 1.39. The van der Waals surface area contributed by atoms with E-state index in [1.807, 2.05) is 6.92 Å². The van der Waals surface area contributed by atoms with Gasteiger partial charge in [-0.2, -0.15) is 4.31 Å². The monoisotopic (exact) mass is 526 g/mol. The Hall–Kier alpha value is -1.62. The van der Waals surface area contributed by atoms with Crippen molar-refractivity contribution in [3.63, 3.8) is 0 Å². The quantitative estimate of drug-likeness (QED) is 0.506. The van der Waals surface area contributed by atoms with E-state index in [2.05, 4.69) is 5.32 Å². The van der Waals surface area contributed by atoms with Crippen LogP contribution in [-0.4, -0.2) is 59.0 Å². The number of halogens is 2. The van der Waals surface area contributed by atoms with Crippen LogP contribution in [0.2, 0.25) is 0 Å². The number of sulfonamides is 1. The summed E-state index contributed by atoms with van der Waals surface area (Å²) in [5, 5.41) is 24.2. The van der Waals surface area contributed by atoms with Gasteiger partial charge in [0.25, 0.3) is 6.43 Å². The molecule has 1 saturated heterocycles. The van der Waals surface area contributed by atoms with Gasteiger partial charge < -0.3 is 15.5 Å². The first-order valence-corrected chi connectivity index (χ1v) is 14.4. The number of aliphatic hydroxyl groups is 2. The van der Waals surface area contributed by atoms with Gasteiger partial charge in [0, 0.05) is 12.6 Å². The van der Waals surface area contributed by atoms with E-state index in [9.17, 15) is 32.2 Å². The first-order chi connectivity index (χ1) is 16.8. The molecule has 1 amide bonds. The number of carbonyl (C=O) groups is 1. The lowest BCUT2D eigenvalue weighted by atomic mass is 9.52. The van der Waals surface area contributed by atoms with Crippen LogP contribution in [0, 0.1) is 17.8 Å². The van der Waals surface area contributed by atoms with Gasteiger partial charge in [-0.05, 0) is 93.7 Å². The van der Waals surface area contributed by atoms with Gasteiger partial charge in [0.2, 0.25) is 15.9 Å². The minimum atomic E-state index is -4.09. The van der Waals surface area contributed by atoms with Gasteiger partial charge >= 0.3 is 0 Å². The molecule has 36 heavy (non-hydrogen) atoms. The highest BCUT2D eigenvalue weighted by molar-refractivity contribution is 7.89. The molecular formula is C26H36F2N2O5S. The molecular weight excluding hydrogens is 490 g/mol. The van der Waals surface area contributed by atoms with Crippen LogP contribution >= 0.6 is 0 Å². The predicted octanol–water partition coefficient (Wildman–Crippen LogP) is 3.15. The van der Waals surface area contributed by atoms with Crippen LogP contribution in [0.5, 0.6) is 0 Å². The lowest BCUT2D eigenvalue weighted by Gasteiger charge is -2.58. The molecule has 4 saturated carbocycles. The first kappa shape index (κ1) is 26.0. The van der Waals surface area contributed by atoms with Crippen LogP contribution in [0.3, 0.4) is 0 Å². The van der Waals surface area contributed by atoms with Crippen LogP contribution in [0.25, 0.3) is 0 Å². The van der Waals surface area contributed by atoms with Crippen LogP contribution in [-0.2, 0) is 20.4 Å². The van der Waals surface area contributed by atoms with Crippen molar-refractivity contribution in [2.45, 2.75) is 99.3 Å². The van der Waals surface area contributed by atoms with Gasteiger partial charge in [0.1, 0.15) is 11.1 Å². The molecule has 1 aromatic carbocycles. The molecule has 200 valence electrons. The Bertz CT molecular complexity index is 1110. The van der Waals surface area contributed by atoms with E-state index >= 15 is 0 Å². The van der Waals surface area contributed by atoms with E-state index in [1.165, 1.54) is 28.6 Å². The molecule has 0 radical (unpaired) electrons. The molecule has 4 bridgehead atoms. The topological polar surface area (TPSA) is 107 Å². The van der Waals surface area contributed by atoms with Crippen molar-refractivity contribution in [3.05, 3.63) is 29.8 Å². The number of benzene rings is 1. The summed E-state index contributed by atoms with van der Waals surface area (Å²) in [6, 6.07) is 4.77. The fraction of sp³-hybridized carbons (Fsp3) is 0.731. The average Bonchev–Trinajstić information content (AvgIpc) is 3.26. The van der Waals surface area contributed by atoms with Gasteiger partial charge in [-0.15, -0.1) is 0 Å². The summed E-state index contributed by atoms with van der Waals surface area (Å²) in [5.41, 5.74) is -4.32. The van der Waals surface area contributed by atoms with Crippen molar-refractivity contribution >= 4 is 15.9 Å². The summed E-state index contributed by atoms with van der Waals surface area (Å²) in [7, 11) is -4.09. The van der Waals surface area contributed by atoms with Crippen molar-refractivity contribution in [3.8, 4) is 0 Å². The fourth-order valence-electron chi connectivity index (χ4n) is 7.66. The summed E-state index contributed by atoms with van der Waals surface area (Å²) in [4.78, 5) is 13.7. The van der Waals surface area contributed by atoms with E-state index in [1.54, 1.807) is 0 Å². The molecule has 3 unspecified atom stereocenters. The molecule has 4 aliphatic carbocycles. The Kier molecular flexibility index (Phi) is 6.29. The maximum atomic E-state index is 13.8. The second kappa shape index (κ2) is 8.71. The predicted molar refractivity (Wildman–Crippen MR) is 129 cm³/mol. The summed E-state index contributed by atoms with van der Waals surface area (Å²) in [6.45, 7) is 2.99. The Morgan fingerprint density at radius 2 is 1.81 bits per heavy atom. The fourth-order valence-corrected chi connectivity index (χ4v) is 9.53. The molecule has 1 heterocycles. The van der Waals surface area contributed by atoms with Gasteiger partial charge in [-0.1, -0.05) is 19.1 Å². The highest BCUT2D eigenvalue weighted by atomic mass is 32.2. The SMILES string of the molecule is CC[C@]1(C(=O)NC2C3CC4CC2CC(O)(C4)C3)CCCN1S(=O)(=O)c1ccc(C(C)(O)C(F)F)cc1. The summed E-state index contributed by atoms with van der Waals surface area (Å²) in [6.07, 6.45) is 2.41. The highest BCUT2D eigenvalue weighted by Gasteiger charge is 2.57. The number of hydrogen-bond acceptors (Lipinski definition) is 5. The number of amides is 1. The number of nitrogens with one attached hydrogen (secondary N) is 1. The van der Waals surface area contributed by atoms with E-state index in [0.29, 0.717) is 38.0 Å². The lowest BCUT2D eigenvalue weighted by Crippen LogP contribution is -2.65. The van der Waals surface area contributed by atoms with Crippen molar-refractivity contribution in [1.82, 2.24) is 9.62 Å². The largest absolute Gasteiger partial charge is 0.390 e. The molecule has 3 N–H and O–H groups in total. The van der Waals surface area contributed by atoms with Crippen LogP contribution in [0.4, 0.5) is 8.78 Å². The molecule has 10 heteroatoms. The van der Waals surface area contributed by atoms with Crippen molar-refractivity contribution in [1.29, 1.82) is 0 Å². The van der Waals surface area contributed by atoms with Crippen molar-refractivity contribution in [2.24, 2.45) is 17.8 Å². The number of hydrogen-bond donors (Lipinski definition) is 3. The molecule has 1 aromatic rings. The van der Waals surface area contributed by atoms with Crippen LogP contribution < -0.4 is 5.32 Å². The summed E-state index contributed by atoms with van der Waals surface area (Å²) >= 11 is 0. The van der Waals surface area contributed by atoms with E-state index in [4.69, 9.17) is 0 Å². The van der Waals surface area contributed by atoms with Crippen LogP contribution in [0.1, 0.15) is 70.8 Å². The second-order valence-corrected chi connectivity index (χ2v) is 13.6. The number of nitrogens with zero attached hydrogens (tertiary/aromatic N) is 1. The molecule has 6 rings (SSSR count). The number of carbonyl (C=O) groups excluding carboxylic acids is 1. The molecule has 5 aliphatic rings. The smallest absolute Gasteiger partial charge is 0.270 e. The molecule has 4 atom stereocenters. The van der Waals surface area contributed by atoms with Crippen LogP contribution in [0.15, 0.2) is 29.2 Å². The zero-order valence-corrected chi connectivity index (χ0v) is 21.6. The molecule has 0 aromatic heterocycles. The third-order valence-electron chi connectivity index (χ3n) is 9.43. The standard InChI is InChI=1S/C26H36F2N2O5S/c1-3-26(23(31)29-21-17-11-16-12-18(21)15-25(33,13-16)14-17)9-4-10-30(26)36(34,35)20-7-5-19(6-8-20)24(2,32)22(27)28/h5-8,16-18,21-22,32-33H,3-4,9-15H2,1-2H3,(H,29,31)/t16?,17?,18?,21?,24?,25?,26-/m1/s1. The molecule has 1 aliphatic heterocycles. The van der Waals surface area contributed by atoms with E-state index in [0.717, 1.165) is 26.2 Å². The zero-order valence-electron chi connectivity index (χ0n) is 20.8. The third kappa shape index (κ3) is 3.99. The number of alkyl halides is 2. The van der Waals surface area contributed by atoms with Gasteiger partial charge in [-0.25, -0.2) is 17.2 Å².